The quantitative estimate of drug-likeness (QED) is 0.750. The van der Waals surface area contributed by atoms with Crippen LogP contribution >= 0.6 is 0 Å². The number of piperazine rings is 1. The van der Waals surface area contributed by atoms with Crippen molar-refractivity contribution in [3.8, 4) is 0 Å². The zero-order valence-corrected chi connectivity index (χ0v) is 11.3. The van der Waals surface area contributed by atoms with Crippen molar-refractivity contribution in [1.29, 1.82) is 0 Å². The molecule has 4 unspecified atom stereocenters. The van der Waals surface area contributed by atoms with Gasteiger partial charge in [-0.2, -0.15) is 0 Å². The minimum Gasteiger partial charge on any atom is -0.337 e. The number of hydrogen-bond acceptors (Lipinski definition) is 3. The third-order valence-electron chi connectivity index (χ3n) is 5.04. The first-order chi connectivity index (χ1) is 8.65. The zero-order valence-electron chi connectivity index (χ0n) is 11.3. The third-order valence-corrected chi connectivity index (χ3v) is 5.04. The molecule has 2 heterocycles. The standard InChI is InChI=1S/C14H25N3O/c1-10-8-16-6-2-3-13(16)9-17(10)14(18)11-4-5-12(15)7-11/h10-13H,2-9,15H2,1H3. The van der Waals surface area contributed by atoms with Gasteiger partial charge in [0.25, 0.3) is 0 Å². The predicted molar refractivity (Wildman–Crippen MR) is 71.1 cm³/mol. The van der Waals surface area contributed by atoms with E-state index in [9.17, 15) is 4.79 Å². The highest BCUT2D eigenvalue weighted by Gasteiger charge is 2.39. The number of rotatable bonds is 1. The van der Waals surface area contributed by atoms with Gasteiger partial charge in [-0.15, -0.1) is 0 Å². The largest absolute Gasteiger partial charge is 0.337 e. The molecule has 4 nitrogen and oxygen atoms in total. The summed E-state index contributed by atoms with van der Waals surface area (Å²) in [5, 5.41) is 0. The van der Waals surface area contributed by atoms with Crippen LogP contribution in [-0.2, 0) is 4.79 Å². The lowest BCUT2D eigenvalue weighted by molar-refractivity contribution is -0.141. The van der Waals surface area contributed by atoms with Gasteiger partial charge in [0.1, 0.15) is 0 Å². The van der Waals surface area contributed by atoms with E-state index >= 15 is 0 Å². The van der Waals surface area contributed by atoms with Gasteiger partial charge in [0, 0.05) is 37.1 Å². The first-order valence-electron chi connectivity index (χ1n) is 7.45. The van der Waals surface area contributed by atoms with Gasteiger partial charge in [-0.05, 0) is 45.6 Å². The highest BCUT2D eigenvalue weighted by Crippen LogP contribution is 2.30. The van der Waals surface area contributed by atoms with Crippen LogP contribution < -0.4 is 5.73 Å². The lowest BCUT2D eigenvalue weighted by Gasteiger charge is -2.43. The van der Waals surface area contributed by atoms with Crippen molar-refractivity contribution in [3.05, 3.63) is 0 Å². The fourth-order valence-electron chi connectivity index (χ4n) is 3.97. The lowest BCUT2D eigenvalue weighted by Crippen LogP contribution is -2.57. The Bertz CT molecular complexity index is 333. The van der Waals surface area contributed by atoms with Crippen molar-refractivity contribution in [3.63, 3.8) is 0 Å². The minimum atomic E-state index is 0.204. The van der Waals surface area contributed by atoms with Crippen LogP contribution in [-0.4, -0.2) is 53.5 Å². The van der Waals surface area contributed by atoms with Crippen LogP contribution in [0, 0.1) is 5.92 Å². The molecule has 4 heteroatoms. The maximum atomic E-state index is 12.6. The monoisotopic (exact) mass is 251 g/mol. The summed E-state index contributed by atoms with van der Waals surface area (Å²) < 4.78 is 0. The number of fused-ring (bicyclic) bond motifs is 1. The Hall–Kier alpha value is -0.610. The molecule has 4 atom stereocenters. The molecule has 0 spiro atoms. The summed E-state index contributed by atoms with van der Waals surface area (Å²) in [6.45, 7) is 5.44. The molecule has 1 saturated carbocycles. The van der Waals surface area contributed by atoms with Crippen molar-refractivity contribution in [2.24, 2.45) is 11.7 Å². The molecule has 102 valence electrons. The highest BCUT2D eigenvalue weighted by molar-refractivity contribution is 5.79. The molecule has 3 aliphatic rings. The van der Waals surface area contributed by atoms with E-state index in [0.29, 0.717) is 18.0 Å². The van der Waals surface area contributed by atoms with Gasteiger partial charge in [0.2, 0.25) is 5.91 Å². The average Bonchev–Trinajstić information content (AvgIpc) is 2.95. The van der Waals surface area contributed by atoms with Gasteiger partial charge in [-0.3, -0.25) is 9.69 Å². The lowest BCUT2D eigenvalue weighted by atomic mass is 10.0. The molecular formula is C14H25N3O. The van der Waals surface area contributed by atoms with E-state index in [1.807, 2.05) is 0 Å². The Morgan fingerprint density at radius 2 is 2.06 bits per heavy atom. The van der Waals surface area contributed by atoms with Crippen molar-refractivity contribution in [2.45, 2.75) is 57.2 Å². The minimum absolute atomic E-state index is 0.204. The predicted octanol–water partition coefficient (Wildman–Crippen LogP) is 0.809. The number of hydrogen-bond donors (Lipinski definition) is 1. The molecule has 0 aromatic heterocycles. The van der Waals surface area contributed by atoms with Gasteiger partial charge < -0.3 is 10.6 Å². The Morgan fingerprint density at radius 1 is 1.22 bits per heavy atom. The number of nitrogens with two attached hydrogens (primary N) is 1. The van der Waals surface area contributed by atoms with Crippen LogP contribution in [0.25, 0.3) is 0 Å². The van der Waals surface area contributed by atoms with Crippen molar-refractivity contribution in [2.75, 3.05) is 19.6 Å². The third kappa shape index (κ3) is 2.16. The first-order valence-corrected chi connectivity index (χ1v) is 7.45. The molecule has 3 fully saturated rings. The summed E-state index contributed by atoms with van der Waals surface area (Å²) in [6.07, 6.45) is 5.48. The van der Waals surface area contributed by atoms with Crippen LogP contribution in [0.4, 0.5) is 0 Å². The Kier molecular flexibility index (Phi) is 3.32. The van der Waals surface area contributed by atoms with Crippen molar-refractivity contribution < 1.29 is 4.79 Å². The second-order valence-electron chi connectivity index (χ2n) is 6.40. The Labute approximate surface area is 109 Å². The maximum absolute atomic E-state index is 12.6. The van der Waals surface area contributed by atoms with Crippen molar-refractivity contribution in [1.82, 2.24) is 9.80 Å². The second kappa shape index (κ2) is 4.82. The van der Waals surface area contributed by atoms with E-state index in [1.54, 1.807) is 0 Å². The summed E-state index contributed by atoms with van der Waals surface area (Å²) >= 11 is 0. The Balaban J connectivity index is 1.66. The van der Waals surface area contributed by atoms with E-state index in [2.05, 4.69) is 16.7 Å². The van der Waals surface area contributed by atoms with E-state index in [4.69, 9.17) is 5.73 Å². The molecule has 1 aliphatic carbocycles. The summed E-state index contributed by atoms with van der Waals surface area (Å²) in [4.78, 5) is 17.3. The molecule has 2 N–H and O–H groups in total. The number of amides is 1. The fourth-order valence-corrected chi connectivity index (χ4v) is 3.97. The summed E-state index contributed by atoms with van der Waals surface area (Å²) in [5.74, 6) is 0.581. The molecule has 2 aliphatic heterocycles. The molecule has 0 bridgehead atoms. The molecule has 0 aromatic carbocycles. The molecule has 0 radical (unpaired) electrons. The van der Waals surface area contributed by atoms with E-state index < -0.39 is 0 Å². The SMILES string of the molecule is CC1CN2CCCC2CN1C(=O)C1CCC(N)C1. The summed E-state index contributed by atoms with van der Waals surface area (Å²) in [6, 6.07) is 1.26. The molecule has 3 rings (SSSR count). The van der Waals surface area contributed by atoms with Crippen LogP contribution in [0.2, 0.25) is 0 Å². The van der Waals surface area contributed by atoms with Crippen LogP contribution in [0.1, 0.15) is 39.0 Å². The van der Waals surface area contributed by atoms with Crippen LogP contribution in [0.5, 0.6) is 0 Å². The topological polar surface area (TPSA) is 49.6 Å². The summed E-state index contributed by atoms with van der Waals surface area (Å²) in [7, 11) is 0. The number of carbonyl (C=O) groups is 1. The molecule has 0 aromatic rings. The smallest absolute Gasteiger partial charge is 0.226 e. The van der Waals surface area contributed by atoms with Gasteiger partial charge in [-0.25, -0.2) is 0 Å². The number of carbonyl (C=O) groups excluding carboxylic acids is 1. The van der Waals surface area contributed by atoms with E-state index in [1.165, 1.54) is 19.4 Å². The maximum Gasteiger partial charge on any atom is 0.226 e. The van der Waals surface area contributed by atoms with Crippen LogP contribution in [0.3, 0.4) is 0 Å². The highest BCUT2D eigenvalue weighted by atomic mass is 16.2. The average molecular weight is 251 g/mol. The van der Waals surface area contributed by atoms with Gasteiger partial charge in [-0.1, -0.05) is 0 Å². The van der Waals surface area contributed by atoms with Crippen LogP contribution in [0.15, 0.2) is 0 Å². The second-order valence-corrected chi connectivity index (χ2v) is 6.40. The van der Waals surface area contributed by atoms with E-state index in [-0.39, 0.29) is 12.0 Å². The molecule has 2 saturated heterocycles. The van der Waals surface area contributed by atoms with Gasteiger partial charge in [0.05, 0.1) is 0 Å². The summed E-state index contributed by atoms with van der Waals surface area (Å²) in [5.41, 5.74) is 5.93. The number of nitrogens with zero attached hydrogens (tertiary/aromatic N) is 2. The first kappa shape index (κ1) is 12.4. The molecule has 18 heavy (non-hydrogen) atoms. The molecule has 1 amide bonds. The normalized spacial score (nSPS) is 41.1. The van der Waals surface area contributed by atoms with Crippen molar-refractivity contribution >= 4 is 5.91 Å². The Morgan fingerprint density at radius 3 is 2.78 bits per heavy atom. The van der Waals surface area contributed by atoms with Gasteiger partial charge >= 0.3 is 0 Å². The molecular weight excluding hydrogens is 226 g/mol. The fraction of sp³-hybridized carbons (Fsp3) is 0.929. The zero-order chi connectivity index (χ0) is 12.7. The van der Waals surface area contributed by atoms with E-state index in [0.717, 1.165) is 32.4 Å². The van der Waals surface area contributed by atoms with Gasteiger partial charge in [0.15, 0.2) is 0 Å².